The molecule has 5 nitrogen and oxygen atoms in total. The van der Waals surface area contributed by atoms with E-state index < -0.39 is 6.36 Å². The number of ether oxygens (including phenoxy) is 2. The molecule has 1 heterocycles. The summed E-state index contributed by atoms with van der Waals surface area (Å²) in [7, 11) is 3.93. The van der Waals surface area contributed by atoms with E-state index in [-0.39, 0.29) is 17.8 Å². The second kappa shape index (κ2) is 9.76. The van der Waals surface area contributed by atoms with Crippen molar-refractivity contribution in [2.75, 3.05) is 19.0 Å². The molecule has 36 heavy (non-hydrogen) atoms. The molecule has 0 aliphatic rings. The summed E-state index contributed by atoms with van der Waals surface area (Å²) in [6.45, 7) is 7.15. The van der Waals surface area contributed by atoms with Crippen LogP contribution >= 0.6 is 0 Å². The zero-order valence-electron chi connectivity index (χ0n) is 21.1. The maximum Gasteiger partial charge on any atom is 0.573 e. The molecule has 4 rings (SSSR count). The highest BCUT2D eigenvalue weighted by atomic mass is 19.4. The Labute approximate surface area is 209 Å². The SMILES string of the molecule is CN(C)c1ccc2c(c1)nc(COc1ccc(C(C)(C)C)cc1)n2Cc1ccc(OC(F)(F)F)cc1. The molecule has 0 aliphatic heterocycles. The number of halogens is 3. The van der Waals surface area contributed by atoms with Crippen LogP contribution in [-0.4, -0.2) is 30.0 Å². The minimum Gasteiger partial charge on any atom is -0.486 e. The van der Waals surface area contributed by atoms with Gasteiger partial charge in [-0.2, -0.15) is 0 Å². The standard InChI is InChI=1S/C28H30F3N3O2/c1-27(2,3)20-8-13-22(14-9-20)35-18-26-32-24-16-21(33(4)5)10-15-25(24)34(26)17-19-6-11-23(12-7-19)36-28(29,30)31/h6-16H,17-18H2,1-5H3. The molecule has 190 valence electrons. The summed E-state index contributed by atoms with van der Waals surface area (Å²) >= 11 is 0. The first-order valence-corrected chi connectivity index (χ1v) is 11.6. The second-order valence-electron chi connectivity index (χ2n) is 9.94. The van der Waals surface area contributed by atoms with Crippen molar-refractivity contribution in [2.24, 2.45) is 0 Å². The van der Waals surface area contributed by atoms with Gasteiger partial charge in [-0.05, 0) is 59.0 Å². The third-order valence-corrected chi connectivity index (χ3v) is 5.91. The minimum absolute atomic E-state index is 0.0529. The first-order chi connectivity index (χ1) is 16.9. The van der Waals surface area contributed by atoms with Gasteiger partial charge in [0.05, 0.1) is 11.0 Å². The number of alkyl halides is 3. The first kappa shape index (κ1) is 25.4. The molecule has 0 N–H and O–H groups in total. The minimum atomic E-state index is -4.72. The van der Waals surface area contributed by atoms with Crippen LogP contribution in [0.4, 0.5) is 18.9 Å². The Morgan fingerprint density at radius 2 is 1.50 bits per heavy atom. The van der Waals surface area contributed by atoms with Gasteiger partial charge in [0.2, 0.25) is 0 Å². The topological polar surface area (TPSA) is 39.5 Å². The Balaban J connectivity index is 1.61. The van der Waals surface area contributed by atoms with Crippen LogP contribution in [-0.2, 0) is 18.6 Å². The van der Waals surface area contributed by atoms with E-state index in [2.05, 4.69) is 37.6 Å². The molecule has 0 bridgehead atoms. The molecule has 1 aromatic heterocycles. The molecule has 0 fully saturated rings. The van der Waals surface area contributed by atoms with E-state index in [0.717, 1.165) is 33.9 Å². The molecule has 0 spiro atoms. The van der Waals surface area contributed by atoms with E-state index in [0.29, 0.717) is 6.54 Å². The fraction of sp³-hybridized carbons (Fsp3) is 0.321. The van der Waals surface area contributed by atoms with Gasteiger partial charge in [0.1, 0.15) is 23.9 Å². The highest BCUT2D eigenvalue weighted by Crippen LogP contribution is 2.27. The van der Waals surface area contributed by atoms with E-state index in [1.165, 1.54) is 17.7 Å². The van der Waals surface area contributed by atoms with Crippen molar-refractivity contribution in [3.8, 4) is 11.5 Å². The zero-order chi connectivity index (χ0) is 26.1. The number of hydrogen-bond acceptors (Lipinski definition) is 4. The third-order valence-electron chi connectivity index (χ3n) is 5.91. The average Bonchev–Trinajstić information content (AvgIpc) is 3.14. The van der Waals surface area contributed by atoms with Crippen molar-refractivity contribution in [1.29, 1.82) is 0 Å². The summed E-state index contributed by atoms with van der Waals surface area (Å²) in [5.41, 5.74) is 4.84. The van der Waals surface area contributed by atoms with E-state index in [4.69, 9.17) is 9.72 Å². The first-order valence-electron chi connectivity index (χ1n) is 11.6. The Morgan fingerprint density at radius 1 is 0.861 bits per heavy atom. The van der Waals surface area contributed by atoms with Gasteiger partial charge in [-0.1, -0.05) is 45.0 Å². The Bertz CT molecular complexity index is 1320. The predicted octanol–water partition coefficient (Wildman–Crippen LogP) is 6.93. The van der Waals surface area contributed by atoms with Crippen LogP contribution in [0.2, 0.25) is 0 Å². The maximum absolute atomic E-state index is 12.5. The molecule has 0 saturated carbocycles. The molecule has 0 amide bonds. The quantitative estimate of drug-likeness (QED) is 0.278. The third kappa shape index (κ3) is 6.11. The molecule has 0 aliphatic carbocycles. The zero-order valence-corrected chi connectivity index (χ0v) is 21.1. The summed E-state index contributed by atoms with van der Waals surface area (Å²) in [4.78, 5) is 6.83. The number of aromatic nitrogens is 2. The summed E-state index contributed by atoms with van der Waals surface area (Å²) < 4.78 is 49.7. The van der Waals surface area contributed by atoms with Crippen LogP contribution in [0.3, 0.4) is 0 Å². The van der Waals surface area contributed by atoms with E-state index in [1.54, 1.807) is 12.1 Å². The number of benzene rings is 3. The molecule has 0 unspecified atom stereocenters. The van der Waals surface area contributed by atoms with Crippen molar-refractivity contribution < 1.29 is 22.6 Å². The summed E-state index contributed by atoms with van der Waals surface area (Å²) in [6.07, 6.45) is -4.72. The van der Waals surface area contributed by atoms with Crippen LogP contribution in [0.5, 0.6) is 11.5 Å². The summed E-state index contributed by atoms with van der Waals surface area (Å²) in [6, 6.07) is 19.9. The van der Waals surface area contributed by atoms with Gasteiger partial charge in [-0.15, -0.1) is 13.2 Å². The average molecular weight is 498 g/mol. The van der Waals surface area contributed by atoms with Crippen molar-refractivity contribution >= 4 is 16.7 Å². The Hall–Kier alpha value is -3.68. The lowest BCUT2D eigenvalue weighted by atomic mass is 9.87. The number of rotatable bonds is 7. The molecule has 0 atom stereocenters. The van der Waals surface area contributed by atoms with Crippen LogP contribution < -0.4 is 14.4 Å². The molecule has 4 aromatic rings. The number of imidazole rings is 1. The molecular weight excluding hydrogens is 467 g/mol. The van der Waals surface area contributed by atoms with Gasteiger partial charge in [-0.3, -0.25) is 0 Å². The van der Waals surface area contributed by atoms with Gasteiger partial charge < -0.3 is 18.9 Å². The Kier molecular flexibility index (Phi) is 6.89. The van der Waals surface area contributed by atoms with Gasteiger partial charge in [0.15, 0.2) is 0 Å². The van der Waals surface area contributed by atoms with Crippen LogP contribution in [0.1, 0.15) is 37.7 Å². The lowest BCUT2D eigenvalue weighted by molar-refractivity contribution is -0.274. The van der Waals surface area contributed by atoms with Crippen molar-refractivity contribution in [1.82, 2.24) is 9.55 Å². The van der Waals surface area contributed by atoms with Crippen LogP contribution in [0.25, 0.3) is 11.0 Å². The van der Waals surface area contributed by atoms with E-state index in [9.17, 15) is 13.2 Å². The van der Waals surface area contributed by atoms with Crippen LogP contribution in [0, 0.1) is 0 Å². The van der Waals surface area contributed by atoms with Crippen molar-refractivity contribution in [3.63, 3.8) is 0 Å². The van der Waals surface area contributed by atoms with E-state index >= 15 is 0 Å². The fourth-order valence-electron chi connectivity index (χ4n) is 3.91. The van der Waals surface area contributed by atoms with Crippen LogP contribution in [0.15, 0.2) is 66.7 Å². The number of hydrogen-bond donors (Lipinski definition) is 0. The number of nitrogens with zero attached hydrogens (tertiary/aromatic N) is 3. The molecule has 0 radical (unpaired) electrons. The number of anilines is 1. The molecule has 3 aromatic carbocycles. The molecule has 0 saturated heterocycles. The highest BCUT2D eigenvalue weighted by Gasteiger charge is 2.31. The lowest BCUT2D eigenvalue weighted by Crippen LogP contribution is -2.17. The maximum atomic E-state index is 12.5. The monoisotopic (exact) mass is 497 g/mol. The number of fused-ring (bicyclic) bond motifs is 1. The van der Waals surface area contributed by atoms with Gasteiger partial charge in [0, 0.05) is 26.3 Å². The summed E-state index contributed by atoms with van der Waals surface area (Å²) in [5.74, 6) is 1.21. The van der Waals surface area contributed by atoms with Crippen molar-refractivity contribution in [3.05, 3.63) is 83.7 Å². The van der Waals surface area contributed by atoms with E-state index in [1.807, 2.05) is 53.9 Å². The molecular formula is C28H30F3N3O2. The van der Waals surface area contributed by atoms with Crippen molar-refractivity contribution in [2.45, 2.75) is 45.7 Å². The largest absolute Gasteiger partial charge is 0.573 e. The fourth-order valence-corrected chi connectivity index (χ4v) is 3.91. The Morgan fingerprint density at radius 3 is 2.08 bits per heavy atom. The highest BCUT2D eigenvalue weighted by molar-refractivity contribution is 5.80. The predicted molar refractivity (Wildman–Crippen MR) is 136 cm³/mol. The second-order valence-corrected chi connectivity index (χ2v) is 9.94. The van der Waals surface area contributed by atoms with Gasteiger partial charge in [0.25, 0.3) is 0 Å². The van der Waals surface area contributed by atoms with Gasteiger partial charge in [-0.25, -0.2) is 4.98 Å². The smallest absolute Gasteiger partial charge is 0.486 e. The van der Waals surface area contributed by atoms with Gasteiger partial charge >= 0.3 is 6.36 Å². The lowest BCUT2D eigenvalue weighted by Gasteiger charge is -2.19. The molecule has 8 heteroatoms. The summed E-state index contributed by atoms with van der Waals surface area (Å²) in [5, 5.41) is 0. The normalized spacial score (nSPS) is 12.1.